The predicted molar refractivity (Wildman–Crippen MR) is 72.6 cm³/mol. The number of ether oxygens (including phenoxy) is 1. The van der Waals surface area contributed by atoms with Gasteiger partial charge in [-0.25, -0.2) is 4.39 Å². The van der Waals surface area contributed by atoms with Gasteiger partial charge >= 0.3 is 0 Å². The van der Waals surface area contributed by atoms with Crippen LogP contribution in [0.4, 0.5) is 21.6 Å². The predicted octanol–water partition coefficient (Wildman–Crippen LogP) is 3.32. The SMILES string of the molecule is COc1ccc(N)c(Nc2c(F)cccc2Br)n1. The monoisotopic (exact) mass is 311 g/mol. The molecule has 1 heterocycles. The van der Waals surface area contributed by atoms with Gasteiger partial charge < -0.3 is 15.8 Å². The van der Waals surface area contributed by atoms with E-state index in [1.807, 2.05) is 0 Å². The van der Waals surface area contributed by atoms with Crippen LogP contribution in [0.5, 0.6) is 5.88 Å². The fourth-order valence-corrected chi connectivity index (χ4v) is 1.84. The van der Waals surface area contributed by atoms with Crippen LogP contribution in [-0.4, -0.2) is 12.1 Å². The Morgan fingerprint density at radius 3 is 2.78 bits per heavy atom. The summed E-state index contributed by atoms with van der Waals surface area (Å²) >= 11 is 3.26. The first-order valence-electron chi connectivity index (χ1n) is 5.13. The molecule has 0 fully saturated rings. The van der Waals surface area contributed by atoms with Gasteiger partial charge in [0, 0.05) is 10.5 Å². The van der Waals surface area contributed by atoms with Crippen LogP contribution in [0.3, 0.4) is 0 Å². The average molecular weight is 312 g/mol. The van der Waals surface area contributed by atoms with Gasteiger partial charge in [-0.3, -0.25) is 0 Å². The van der Waals surface area contributed by atoms with E-state index in [1.165, 1.54) is 13.2 Å². The molecule has 2 rings (SSSR count). The maximum atomic E-state index is 13.7. The zero-order chi connectivity index (χ0) is 13.1. The van der Waals surface area contributed by atoms with Gasteiger partial charge in [0.15, 0.2) is 5.82 Å². The van der Waals surface area contributed by atoms with E-state index in [0.29, 0.717) is 21.9 Å². The molecule has 1 aromatic heterocycles. The number of aromatic nitrogens is 1. The number of nitrogens with one attached hydrogen (secondary N) is 1. The van der Waals surface area contributed by atoms with E-state index >= 15 is 0 Å². The van der Waals surface area contributed by atoms with E-state index in [9.17, 15) is 4.39 Å². The highest BCUT2D eigenvalue weighted by Crippen LogP contribution is 2.30. The number of pyridine rings is 1. The number of nitrogens with two attached hydrogens (primary N) is 1. The number of hydrogen-bond acceptors (Lipinski definition) is 4. The number of anilines is 3. The van der Waals surface area contributed by atoms with Gasteiger partial charge in [0.1, 0.15) is 5.82 Å². The molecule has 0 aliphatic rings. The molecule has 94 valence electrons. The van der Waals surface area contributed by atoms with Crippen molar-refractivity contribution >= 4 is 33.1 Å². The topological polar surface area (TPSA) is 60.2 Å². The highest BCUT2D eigenvalue weighted by molar-refractivity contribution is 9.10. The van der Waals surface area contributed by atoms with E-state index in [-0.39, 0.29) is 5.69 Å². The standard InChI is InChI=1S/C12H11BrFN3O/c1-18-10-6-5-9(15)12(16-10)17-11-7(13)3-2-4-8(11)14/h2-6H,15H2,1H3,(H,16,17). The summed E-state index contributed by atoms with van der Waals surface area (Å²) in [5.74, 6) is 0.354. The number of nitrogen functional groups attached to an aromatic ring is 1. The first-order chi connectivity index (χ1) is 8.61. The molecule has 0 saturated carbocycles. The lowest BCUT2D eigenvalue weighted by atomic mass is 10.3. The summed E-state index contributed by atoms with van der Waals surface area (Å²) in [5, 5.41) is 2.85. The lowest BCUT2D eigenvalue weighted by Crippen LogP contribution is -2.02. The number of para-hydroxylation sites is 1. The maximum absolute atomic E-state index is 13.7. The number of nitrogens with zero attached hydrogens (tertiary/aromatic N) is 1. The highest BCUT2D eigenvalue weighted by Gasteiger charge is 2.10. The molecular weight excluding hydrogens is 301 g/mol. The van der Waals surface area contributed by atoms with Crippen molar-refractivity contribution < 1.29 is 9.13 Å². The third-order valence-electron chi connectivity index (χ3n) is 2.32. The molecule has 18 heavy (non-hydrogen) atoms. The summed E-state index contributed by atoms with van der Waals surface area (Å²) in [4.78, 5) is 4.12. The Labute approximate surface area is 112 Å². The molecule has 1 aromatic carbocycles. The zero-order valence-corrected chi connectivity index (χ0v) is 11.2. The van der Waals surface area contributed by atoms with Gasteiger partial charge in [-0.2, -0.15) is 4.98 Å². The van der Waals surface area contributed by atoms with E-state index in [4.69, 9.17) is 10.5 Å². The van der Waals surface area contributed by atoms with Crippen molar-refractivity contribution in [2.45, 2.75) is 0 Å². The summed E-state index contributed by atoms with van der Waals surface area (Å²) in [6.07, 6.45) is 0. The summed E-state index contributed by atoms with van der Waals surface area (Å²) in [6, 6.07) is 7.96. The van der Waals surface area contributed by atoms with Crippen molar-refractivity contribution in [2.75, 3.05) is 18.2 Å². The number of hydrogen-bond donors (Lipinski definition) is 2. The summed E-state index contributed by atoms with van der Waals surface area (Å²) in [6.45, 7) is 0. The minimum Gasteiger partial charge on any atom is -0.481 e. The van der Waals surface area contributed by atoms with Gasteiger partial charge in [0.05, 0.1) is 18.5 Å². The molecule has 0 aliphatic heterocycles. The second-order valence-corrected chi connectivity index (χ2v) is 4.37. The van der Waals surface area contributed by atoms with Crippen molar-refractivity contribution in [1.82, 2.24) is 4.98 Å². The first kappa shape index (κ1) is 12.6. The Balaban J connectivity index is 2.39. The molecule has 0 atom stereocenters. The Kier molecular flexibility index (Phi) is 3.66. The van der Waals surface area contributed by atoms with E-state index in [0.717, 1.165) is 0 Å². The molecule has 0 saturated heterocycles. The van der Waals surface area contributed by atoms with Crippen LogP contribution in [0.25, 0.3) is 0 Å². The minimum atomic E-state index is -0.395. The van der Waals surface area contributed by atoms with Gasteiger partial charge in [-0.15, -0.1) is 0 Å². The number of halogens is 2. The molecule has 0 aliphatic carbocycles. The normalized spacial score (nSPS) is 10.2. The lowest BCUT2D eigenvalue weighted by molar-refractivity contribution is 0.398. The largest absolute Gasteiger partial charge is 0.481 e. The summed E-state index contributed by atoms with van der Waals surface area (Å²) in [7, 11) is 1.50. The van der Waals surface area contributed by atoms with Crippen LogP contribution in [-0.2, 0) is 0 Å². The number of benzene rings is 1. The Morgan fingerprint density at radius 1 is 1.33 bits per heavy atom. The molecule has 0 unspecified atom stereocenters. The quantitative estimate of drug-likeness (QED) is 0.913. The lowest BCUT2D eigenvalue weighted by Gasteiger charge is -2.11. The van der Waals surface area contributed by atoms with E-state index in [1.54, 1.807) is 24.3 Å². The van der Waals surface area contributed by atoms with Crippen molar-refractivity contribution in [3.63, 3.8) is 0 Å². The molecule has 2 aromatic rings. The molecule has 3 N–H and O–H groups in total. The minimum absolute atomic E-state index is 0.282. The van der Waals surface area contributed by atoms with Crippen molar-refractivity contribution in [2.24, 2.45) is 0 Å². The van der Waals surface area contributed by atoms with Crippen molar-refractivity contribution in [3.05, 3.63) is 40.6 Å². The highest BCUT2D eigenvalue weighted by atomic mass is 79.9. The Hall–Kier alpha value is -1.82. The second-order valence-electron chi connectivity index (χ2n) is 3.51. The molecule has 0 bridgehead atoms. The van der Waals surface area contributed by atoms with E-state index in [2.05, 4.69) is 26.2 Å². The first-order valence-corrected chi connectivity index (χ1v) is 5.92. The fraction of sp³-hybridized carbons (Fsp3) is 0.0833. The molecular formula is C12H11BrFN3O. The van der Waals surface area contributed by atoms with Gasteiger partial charge in [-0.05, 0) is 34.1 Å². The summed E-state index contributed by atoms with van der Waals surface area (Å²) in [5.41, 5.74) is 6.46. The van der Waals surface area contributed by atoms with Gasteiger partial charge in [-0.1, -0.05) is 6.07 Å². The van der Waals surface area contributed by atoms with Crippen LogP contribution >= 0.6 is 15.9 Å². The molecule has 4 nitrogen and oxygen atoms in total. The van der Waals surface area contributed by atoms with Crippen LogP contribution in [0.15, 0.2) is 34.8 Å². The van der Waals surface area contributed by atoms with Crippen LogP contribution in [0.1, 0.15) is 0 Å². The second kappa shape index (κ2) is 5.22. The Morgan fingerprint density at radius 2 is 2.11 bits per heavy atom. The fourth-order valence-electron chi connectivity index (χ4n) is 1.40. The molecule has 0 radical (unpaired) electrons. The molecule has 6 heteroatoms. The van der Waals surface area contributed by atoms with Crippen LogP contribution in [0, 0.1) is 5.82 Å². The smallest absolute Gasteiger partial charge is 0.215 e. The Bertz CT molecular complexity index is 557. The van der Waals surface area contributed by atoms with Crippen molar-refractivity contribution in [3.8, 4) is 5.88 Å². The van der Waals surface area contributed by atoms with Crippen LogP contribution in [0.2, 0.25) is 0 Å². The summed E-state index contributed by atoms with van der Waals surface area (Å²) < 4.78 is 19.2. The average Bonchev–Trinajstić information content (AvgIpc) is 2.36. The van der Waals surface area contributed by atoms with E-state index < -0.39 is 5.82 Å². The third kappa shape index (κ3) is 2.53. The molecule has 0 spiro atoms. The maximum Gasteiger partial charge on any atom is 0.215 e. The molecule has 0 amide bonds. The zero-order valence-electron chi connectivity index (χ0n) is 9.58. The number of rotatable bonds is 3. The number of methoxy groups -OCH3 is 1. The van der Waals surface area contributed by atoms with Crippen LogP contribution < -0.4 is 15.8 Å². The van der Waals surface area contributed by atoms with Gasteiger partial charge in [0.2, 0.25) is 5.88 Å². The van der Waals surface area contributed by atoms with Gasteiger partial charge in [0.25, 0.3) is 0 Å². The van der Waals surface area contributed by atoms with Crippen molar-refractivity contribution in [1.29, 1.82) is 0 Å². The third-order valence-corrected chi connectivity index (χ3v) is 2.98.